The number of hydrogen-bond acceptors (Lipinski definition) is 6. The van der Waals surface area contributed by atoms with Crippen LogP contribution in [-0.4, -0.2) is 81.1 Å². The number of aromatic nitrogens is 4. The van der Waals surface area contributed by atoms with E-state index < -0.39 is 0 Å². The number of halogens is 1. The molecule has 10 heteroatoms. The van der Waals surface area contributed by atoms with Gasteiger partial charge in [0.25, 0.3) is 5.91 Å². The molecule has 9 nitrogen and oxygen atoms in total. The van der Waals surface area contributed by atoms with Crippen molar-refractivity contribution in [3.05, 3.63) is 66.0 Å². The van der Waals surface area contributed by atoms with E-state index in [1.165, 1.54) is 24.3 Å². The predicted molar refractivity (Wildman–Crippen MR) is 123 cm³/mol. The molecule has 2 aliphatic rings. The van der Waals surface area contributed by atoms with Gasteiger partial charge in [-0.2, -0.15) is 4.68 Å². The minimum atomic E-state index is -0.363. The quantitative estimate of drug-likeness (QED) is 0.588. The summed E-state index contributed by atoms with van der Waals surface area (Å²) in [4.78, 5) is 31.5. The second-order valence-corrected chi connectivity index (χ2v) is 8.61. The van der Waals surface area contributed by atoms with Crippen LogP contribution in [0, 0.1) is 11.7 Å². The number of likely N-dealkylation sites (tertiary alicyclic amines) is 1. The number of piperazine rings is 1. The third-order valence-corrected chi connectivity index (χ3v) is 6.55. The fourth-order valence-corrected chi connectivity index (χ4v) is 4.61. The standard InChI is InChI=1S/C24H26FN7O2/c25-20-8-6-18(7-9-20)22(33)29-12-10-19(11-13-29)23(34)30-14-16-31(17-15-30)24-26-27-28-32(24)21-4-2-1-3-5-21/h1-9,19H,10-17H2. The summed E-state index contributed by atoms with van der Waals surface area (Å²) < 4.78 is 14.8. The summed E-state index contributed by atoms with van der Waals surface area (Å²) >= 11 is 0. The van der Waals surface area contributed by atoms with Crippen molar-refractivity contribution in [2.75, 3.05) is 44.2 Å². The van der Waals surface area contributed by atoms with E-state index in [1.807, 2.05) is 35.2 Å². The normalized spacial score (nSPS) is 17.1. The van der Waals surface area contributed by atoms with E-state index in [1.54, 1.807) is 9.58 Å². The summed E-state index contributed by atoms with van der Waals surface area (Å²) in [7, 11) is 0. The third-order valence-electron chi connectivity index (χ3n) is 6.55. The lowest BCUT2D eigenvalue weighted by Gasteiger charge is -2.38. The molecule has 0 aliphatic carbocycles. The molecule has 2 aliphatic heterocycles. The fraction of sp³-hybridized carbons (Fsp3) is 0.375. The second kappa shape index (κ2) is 9.58. The highest BCUT2D eigenvalue weighted by molar-refractivity contribution is 5.94. The molecule has 1 aromatic heterocycles. The number of benzene rings is 2. The van der Waals surface area contributed by atoms with Crippen molar-refractivity contribution in [2.45, 2.75) is 12.8 Å². The number of carbonyl (C=O) groups excluding carboxylic acids is 2. The molecule has 0 unspecified atom stereocenters. The van der Waals surface area contributed by atoms with Crippen LogP contribution in [0.4, 0.5) is 10.3 Å². The van der Waals surface area contributed by atoms with E-state index in [0.29, 0.717) is 63.6 Å². The van der Waals surface area contributed by atoms with Gasteiger partial charge in [-0.3, -0.25) is 9.59 Å². The SMILES string of the molecule is O=C(c1ccc(F)cc1)N1CCC(C(=O)N2CCN(c3nnnn3-c3ccccc3)CC2)CC1. The molecule has 2 amide bonds. The number of para-hydroxylation sites is 1. The summed E-state index contributed by atoms with van der Waals surface area (Å²) in [6.45, 7) is 3.57. The Balaban J connectivity index is 1.14. The Kier molecular flexibility index (Phi) is 6.20. The molecule has 0 saturated carbocycles. The number of tetrazole rings is 1. The lowest BCUT2D eigenvalue weighted by molar-refractivity contribution is -0.137. The minimum absolute atomic E-state index is 0.0848. The average Bonchev–Trinajstić information content (AvgIpc) is 3.39. The zero-order valence-electron chi connectivity index (χ0n) is 18.8. The highest BCUT2D eigenvalue weighted by Crippen LogP contribution is 2.23. The number of nitrogens with zero attached hydrogens (tertiary/aromatic N) is 7. The monoisotopic (exact) mass is 463 g/mol. The molecule has 3 aromatic rings. The van der Waals surface area contributed by atoms with E-state index in [9.17, 15) is 14.0 Å². The molecule has 0 bridgehead atoms. The summed E-state index contributed by atoms with van der Waals surface area (Å²) in [5.74, 6) is 0.258. The van der Waals surface area contributed by atoms with Gasteiger partial charge in [0.2, 0.25) is 11.9 Å². The molecular weight excluding hydrogens is 437 g/mol. The summed E-state index contributed by atoms with van der Waals surface area (Å²) in [6.07, 6.45) is 1.27. The smallest absolute Gasteiger partial charge is 0.253 e. The Labute approximate surface area is 196 Å². The van der Waals surface area contributed by atoms with Crippen molar-refractivity contribution >= 4 is 17.8 Å². The highest BCUT2D eigenvalue weighted by Gasteiger charge is 2.32. The van der Waals surface area contributed by atoms with Crippen LogP contribution in [0.25, 0.3) is 5.69 Å². The molecule has 2 aromatic carbocycles. The Hall–Kier alpha value is -3.82. The van der Waals surface area contributed by atoms with Gasteiger partial charge in [-0.05, 0) is 59.7 Å². The van der Waals surface area contributed by atoms with Crippen LogP contribution in [-0.2, 0) is 4.79 Å². The fourth-order valence-electron chi connectivity index (χ4n) is 4.61. The molecule has 0 atom stereocenters. The highest BCUT2D eigenvalue weighted by atomic mass is 19.1. The third kappa shape index (κ3) is 4.48. The summed E-state index contributed by atoms with van der Waals surface area (Å²) in [5, 5.41) is 12.2. The van der Waals surface area contributed by atoms with Crippen molar-refractivity contribution < 1.29 is 14.0 Å². The Morgan fingerprint density at radius 1 is 0.824 bits per heavy atom. The number of anilines is 1. The van der Waals surface area contributed by atoms with E-state index in [4.69, 9.17) is 0 Å². The van der Waals surface area contributed by atoms with E-state index in [0.717, 1.165) is 5.69 Å². The Morgan fingerprint density at radius 2 is 1.50 bits per heavy atom. The van der Waals surface area contributed by atoms with Crippen LogP contribution in [0.3, 0.4) is 0 Å². The first-order valence-electron chi connectivity index (χ1n) is 11.5. The molecule has 176 valence electrons. The van der Waals surface area contributed by atoms with Crippen molar-refractivity contribution in [2.24, 2.45) is 5.92 Å². The lowest BCUT2D eigenvalue weighted by Crippen LogP contribution is -2.52. The first-order chi connectivity index (χ1) is 16.6. The molecule has 3 heterocycles. The maximum atomic E-state index is 13.1. The molecule has 0 radical (unpaired) electrons. The Morgan fingerprint density at radius 3 is 2.18 bits per heavy atom. The van der Waals surface area contributed by atoms with Crippen LogP contribution < -0.4 is 4.90 Å². The number of rotatable bonds is 4. The van der Waals surface area contributed by atoms with Gasteiger partial charge < -0.3 is 14.7 Å². The van der Waals surface area contributed by atoms with Crippen molar-refractivity contribution in [3.63, 3.8) is 0 Å². The van der Waals surface area contributed by atoms with Crippen LogP contribution in [0.2, 0.25) is 0 Å². The predicted octanol–water partition coefficient (Wildman–Crippen LogP) is 2.00. The zero-order valence-corrected chi connectivity index (χ0v) is 18.8. The van der Waals surface area contributed by atoms with Crippen LogP contribution >= 0.6 is 0 Å². The van der Waals surface area contributed by atoms with Gasteiger partial charge in [-0.1, -0.05) is 23.3 Å². The van der Waals surface area contributed by atoms with Crippen LogP contribution in [0.15, 0.2) is 54.6 Å². The first-order valence-corrected chi connectivity index (χ1v) is 11.5. The zero-order chi connectivity index (χ0) is 23.5. The molecule has 2 fully saturated rings. The van der Waals surface area contributed by atoms with Crippen molar-refractivity contribution in [3.8, 4) is 5.69 Å². The Bertz CT molecular complexity index is 1140. The number of amides is 2. The first kappa shape index (κ1) is 22.0. The van der Waals surface area contributed by atoms with Gasteiger partial charge in [-0.15, -0.1) is 0 Å². The van der Waals surface area contributed by atoms with Gasteiger partial charge in [0.05, 0.1) is 5.69 Å². The van der Waals surface area contributed by atoms with Gasteiger partial charge in [-0.25, -0.2) is 4.39 Å². The maximum Gasteiger partial charge on any atom is 0.253 e. The second-order valence-electron chi connectivity index (χ2n) is 8.61. The van der Waals surface area contributed by atoms with E-state index >= 15 is 0 Å². The largest absolute Gasteiger partial charge is 0.339 e. The molecular formula is C24H26FN7O2. The topological polar surface area (TPSA) is 87.5 Å². The molecule has 0 spiro atoms. The van der Waals surface area contributed by atoms with Gasteiger partial charge in [0.1, 0.15) is 5.82 Å². The van der Waals surface area contributed by atoms with Gasteiger partial charge >= 0.3 is 0 Å². The average molecular weight is 464 g/mol. The van der Waals surface area contributed by atoms with Crippen molar-refractivity contribution in [1.82, 2.24) is 30.0 Å². The van der Waals surface area contributed by atoms with Crippen molar-refractivity contribution in [1.29, 1.82) is 0 Å². The number of hydrogen-bond donors (Lipinski definition) is 0. The molecule has 5 rings (SSSR count). The summed E-state index contributed by atoms with van der Waals surface area (Å²) in [6, 6.07) is 15.3. The molecule has 0 N–H and O–H groups in total. The van der Waals surface area contributed by atoms with Gasteiger partial charge in [0, 0.05) is 50.7 Å². The van der Waals surface area contributed by atoms with Crippen LogP contribution in [0.1, 0.15) is 23.2 Å². The van der Waals surface area contributed by atoms with Gasteiger partial charge in [0.15, 0.2) is 0 Å². The molecule has 34 heavy (non-hydrogen) atoms. The maximum absolute atomic E-state index is 13.1. The summed E-state index contributed by atoms with van der Waals surface area (Å²) in [5.41, 5.74) is 1.36. The molecule has 2 saturated heterocycles. The van der Waals surface area contributed by atoms with E-state index in [-0.39, 0.29) is 23.5 Å². The number of carbonyl (C=O) groups is 2. The minimum Gasteiger partial charge on any atom is -0.339 e. The van der Waals surface area contributed by atoms with Crippen LogP contribution in [0.5, 0.6) is 0 Å². The van der Waals surface area contributed by atoms with E-state index in [2.05, 4.69) is 20.4 Å². The number of piperidine rings is 1. The lowest BCUT2D eigenvalue weighted by atomic mass is 9.94.